The maximum Gasteiger partial charge on any atom is 0.0159 e. The Bertz CT molecular complexity index is 6280. The SMILES string of the molecule is CC(C)(C)c1ccc2c(c1)C(C)(C)c1cc(C(C)(C)C)cc(-c3ccc(-c4cc(C(C)(C)C)cc5c4-c4ccc(C(C)(C)C)cc4C5(C)C)c4c3-c3ccc5c6c(ccc-4c36)-c3c-5c(-c4cc(C(C)(C)C)cc5c4-c4ccc(C(C)(C)C)cc4C5(C)C)c4ccccc4c3-c3cc(C(C)(C)C)cc4c3-c3ccc(C(C)(C)C)cc3C4(C)C)c1-2. The fourth-order valence-corrected chi connectivity index (χ4v) is 22.3. The third kappa shape index (κ3) is 11.0. The highest BCUT2D eigenvalue weighted by molar-refractivity contribution is 6.35. The molecule has 0 amide bonds. The zero-order valence-corrected chi connectivity index (χ0v) is 77.3. The van der Waals surface area contributed by atoms with Crippen molar-refractivity contribution >= 4 is 21.5 Å². The van der Waals surface area contributed by atoms with Gasteiger partial charge in [0.2, 0.25) is 0 Å². The van der Waals surface area contributed by atoms with Gasteiger partial charge < -0.3 is 0 Å². The highest BCUT2D eigenvalue weighted by Gasteiger charge is 2.48. The zero-order valence-electron chi connectivity index (χ0n) is 77.3. The Hall–Kier alpha value is -9.62. The molecule has 598 valence electrons. The molecule has 0 saturated heterocycles. The highest BCUT2D eigenvalue weighted by atomic mass is 14.5. The van der Waals surface area contributed by atoms with Crippen molar-refractivity contribution in [3.63, 3.8) is 0 Å². The number of hydrogen-bond donors (Lipinski definition) is 0. The summed E-state index contributed by atoms with van der Waals surface area (Å²) >= 11 is 0. The molecule has 0 N–H and O–H groups in total. The van der Waals surface area contributed by atoms with E-state index in [1.165, 1.54) is 244 Å². The first-order chi connectivity index (χ1) is 54.6. The van der Waals surface area contributed by atoms with Gasteiger partial charge in [-0.2, -0.15) is 0 Å². The Morgan fingerprint density at radius 2 is 0.347 bits per heavy atom. The topological polar surface area (TPSA) is 0 Å². The van der Waals surface area contributed by atoms with Crippen LogP contribution in [0.15, 0.2) is 182 Å². The average Bonchev–Trinajstić information content (AvgIpc) is 1.50. The van der Waals surface area contributed by atoms with Gasteiger partial charge in [-0.15, -0.1) is 0 Å². The average molecular weight is 1540 g/mol. The normalized spacial score (nSPS) is 16.1. The van der Waals surface area contributed by atoms with Crippen molar-refractivity contribution in [3.05, 3.63) is 271 Å². The predicted molar refractivity (Wildman–Crippen MR) is 512 cm³/mol. The van der Waals surface area contributed by atoms with Crippen LogP contribution in [0.5, 0.6) is 0 Å². The van der Waals surface area contributed by atoms with Crippen molar-refractivity contribution in [3.8, 4) is 134 Å². The first kappa shape index (κ1) is 78.2. The minimum Gasteiger partial charge on any atom is -0.0616 e. The Morgan fingerprint density at radius 1 is 0.153 bits per heavy atom. The molecule has 0 aromatic heterocycles. The summed E-state index contributed by atoms with van der Waals surface area (Å²) in [5.41, 5.74) is 52.6. The molecule has 0 nitrogen and oxygen atoms in total. The minimum atomic E-state index is -0.284. The van der Waals surface area contributed by atoms with Crippen LogP contribution in [0, 0.1) is 0 Å². The van der Waals surface area contributed by atoms with Gasteiger partial charge in [0.15, 0.2) is 0 Å². The Labute approximate surface area is 707 Å². The first-order valence-corrected chi connectivity index (χ1v) is 44.4. The molecular formula is C118H126. The van der Waals surface area contributed by atoms with Gasteiger partial charge >= 0.3 is 0 Å². The number of fused-ring (bicyclic) bond motifs is 19. The minimum absolute atomic E-state index is 0.0184. The molecule has 0 aliphatic heterocycles. The molecule has 0 unspecified atom stereocenters. The maximum absolute atomic E-state index is 2.67. The van der Waals surface area contributed by atoms with E-state index in [9.17, 15) is 0 Å². The standard InChI is InChI=1S/C118H126/c1-107(2,3)63-37-41-75-87(55-63)115(25,26)91-59-67(111(13,14)15)51-83(95(75)91)73-45-46-74(84-52-68(112(16,17)18)60-92-96(84)76-42-38-64(108(4,5)6)56-88(76)116(92,27)28)100-80-48-50-82-104-81(49-47-79(99(73)100)103(80)104)105-101(85-53-69(113(19,20)21)61-93-97(85)77-43-39-65(109(7,8)9)57-89(77)117(93,29)30)71-35-33-34-36-72(71)102(106(82)105)86-54-70(114(22,23)24)62-94-98(86)78-44-40-66(110(10,11)12)58-90(78)118(94,31)32/h33-62H,1-32H3. The fourth-order valence-electron chi connectivity index (χ4n) is 22.3. The molecule has 0 saturated carbocycles. The summed E-state index contributed by atoms with van der Waals surface area (Å²) in [6.07, 6.45) is 0. The zero-order chi connectivity index (χ0) is 84.6. The molecule has 0 atom stereocenters. The summed E-state index contributed by atoms with van der Waals surface area (Å²) in [4.78, 5) is 0. The van der Waals surface area contributed by atoms with E-state index in [2.05, 4.69) is 404 Å². The lowest BCUT2D eigenvalue weighted by atomic mass is 9.74. The Morgan fingerprint density at radius 3 is 0.585 bits per heavy atom. The predicted octanol–water partition coefficient (Wildman–Crippen LogP) is 33.6. The monoisotopic (exact) mass is 1540 g/mol. The number of hydrogen-bond acceptors (Lipinski definition) is 0. The van der Waals surface area contributed by atoms with Gasteiger partial charge in [0.1, 0.15) is 0 Å². The molecule has 0 radical (unpaired) electrons. The molecule has 13 aromatic carbocycles. The van der Waals surface area contributed by atoms with Crippen LogP contribution < -0.4 is 0 Å². The van der Waals surface area contributed by atoms with Gasteiger partial charge in [0.05, 0.1) is 0 Å². The van der Waals surface area contributed by atoms with Crippen LogP contribution in [0.25, 0.3) is 155 Å². The van der Waals surface area contributed by atoms with Gasteiger partial charge in [0.25, 0.3) is 0 Å². The summed E-state index contributed by atoms with van der Waals surface area (Å²) in [7, 11) is 0. The van der Waals surface area contributed by atoms with Crippen LogP contribution in [-0.4, -0.2) is 0 Å². The van der Waals surface area contributed by atoms with E-state index in [1.54, 1.807) is 0 Å². The van der Waals surface area contributed by atoms with E-state index in [0.717, 1.165) is 0 Å². The van der Waals surface area contributed by atoms with Crippen LogP contribution in [-0.2, 0) is 65.0 Å². The molecule has 6 aliphatic rings. The molecule has 0 fully saturated rings. The molecule has 13 aromatic rings. The van der Waals surface area contributed by atoms with Crippen LogP contribution >= 0.6 is 0 Å². The summed E-state index contributed by atoms with van der Waals surface area (Å²) in [6.45, 7) is 77.8. The van der Waals surface area contributed by atoms with Crippen LogP contribution in [0.3, 0.4) is 0 Å². The first-order valence-electron chi connectivity index (χ1n) is 44.4. The summed E-state index contributed by atoms with van der Waals surface area (Å²) in [5, 5.41) is 5.31. The molecule has 6 aliphatic carbocycles. The van der Waals surface area contributed by atoms with Crippen LogP contribution in [0.1, 0.15) is 311 Å². The van der Waals surface area contributed by atoms with E-state index in [4.69, 9.17) is 0 Å². The number of benzene rings is 13. The molecule has 0 bridgehead atoms. The highest BCUT2D eigenvalue weighted by Crippen LogP contribution is 2.69. The lowest BCUT2D eigenvalue weighted by Gasteiger charge is -2.29. The fraction of sp³-hybridized carbons (Fsp3) is 0.373. The molecule has 19 rings (SSSR count). The molecule has 0 heteroatoms. The van der Waals surface area contributed by atoms with Crippen molar-refractivity contribution < 1.29 is 0 Å². The van der Waals surface area contributed by atoms with Gasteiger partial charge in [-0.3, -0.25) is 0 Å². The van der Waals surface area contributed by atoms with Crippen molar-refractivity contribution in [2.75, 3.05) is 0 Å². The Kier molecular flexibility index (Phi) is 16.0. The third-order valence-corrected chi connectivity index (χ3v) is 29.8. The quantitative estimate of drug-likeness (QED) is 0.165. The third-order valence-electron chi connectivity index (χ3n) is 29.8. The van der Waals surface area contributed by atoms with E-state index in [-0.39, 0.29) is 65.0 Å². The summed E-state index contributed by atoms with van der Waals surface area (Å²) < 4.78 is 0. The largest absolute Gasteiger partial charge is 0.0616 e. The van der Waals surface area contributed by atoms with E-state index in [0.29, 0.717) is 0 Å². The van der Waals surface area contributed by atoms with E-state index in [1.807, 2.05) is 0 Å². The molecular weight excluding hydrogens is 1420 g/mol. The summed E-state index contributed by atoms with van der Waals surface area (Å²) in [5.74, 6) is 0. The van der Waals surface area contributed by atoms with Crippen LogP contribution in [0.4, 0.5) is 0 Å². The van der Waals surface area contributed by atoms with E-state index >= 15 is 0 Å². The van der Waals surface area contributed by atoms with Gasteiger partial charge in [-0.05, 0) is 312 Å². The van der Waals surface area contributed by atoms with Crippen LogP contribution in [0.2, 0.25) is 0 Å². The number of rotatable bonds is 4. The van der Waals surface area contributed by atoms with E-state index < -0.39 is 0 Å². The van der Waals surface area contributed by atoms with Gasteiger partial charge in [-0.25, -0.2) is 0 Å². The maximum atomic E-state index is 2.67. The lowest BCUT2D eigenvalue weighted by Crippen LogP contribution is -2.19. The van der Waals surface area contributed by atoms with Crippen molar-refractivity contribution in [1.82, 2.24) is 0 Å². The van der Waals surface area contributed by atoms with Crippen molar-refractivity contribution in [2.24, 2.45) is 0 Å². The molecule has 0 heterocycles. The second-order valence-corrected chi connectivity index (χ2v) is 47.4. The van der Waals surface area contributed by atoms with Crippen molar-refractivity contribution in [2.45, 2.75) is 287 Å². The smallest absolute Gasteiger partial charge is 0.0159 e. The van der Waals surface area contributed by atoms with Gasteiger partial charge in [-0.1, -0.05) is 379 Å². The molecule has 0 spiro atoms. The second kappa shape index (κ2) is 24.1. The molecule has 118 heavy (non-hydrogen) atoms. The second-order valence-electron chi connectivity index (χ2n) is 47.4. The summed E-state index contributed by atoms with van der Waals surface area (Å²) in [6, 6.07) is 76.6. The lowest BCUT2D eigenvalue weighted by molar-refractivity contribution is 0.579. The Balaban J connectivity index is 0.999. The van der Waals surface area contributed by atoms with Crippen molar-refractivity contribution in [1.29, 1.82) is 0 Å². The van der Waals surface area contributed by atoms with Gasteiger partial charge in [0, 0.05) is 21.7 Å².